The fourth-order valence-corrected chi connectivity index (χ4v) is 5.29. The predicted molar refractivity (Wildman–Crippen MR) is 143 cm³/mol. The Balaban J connectivity index is 1.05. The SMILES string of the molecule is CC(c1nc(-c2ccccc2)no1)N1CCN(C(=O)c2ccc(N3CCc4ccccc4C3)cc2)CC1. The van der Waals surface area contributed by atoms with Gasteiger partial charge < -0.3 is 14.3 Å². The van der Waals surface area contributed by atoms with Gasteiger partial charge >= 0.3 is 0 Å². The quantitative estimate of drug-likeness (QED) is 0.397. The van der Waals surface area contributed by atoms with E-state index < -0.39 is 0 Å². The number of carbonyl (C=O) groups excluding carboxylic acids is 1. The maximum atomic E-state index is 13.2. The Kier molecular flexibility index (Phi) is 6.45. The van der Waals surface area contributed by atoms with E-state index in [-0.39, 0.29) is 11.9 Å². The second-order valence-corrected chi connectivity index (χ2v) is 9.81. The van der Waals surface area contributed by atoms with Gasteiger partial charge in [-0.15, -0.1) is 0 Å². The first kappa shape index (κ1) is 23.4. The zero-order valence-corrected chi connectivity index (χ0v) is 21.1. The van der Waals surface area contributed by atoms with E-state index >= 15 is 0 Å². The summed E-state index contributed by atoms with van der Waals surface area (Å²) in [5.74, 6) is 1.30. The summed E-state index contributed by atoms with van der Waals surface area (Å²) >= 11 is 0. The fraction of sp³-hybridized carbons (Fsp3) is 0.300. The third-order valence-electron chi connectivity index (χ3n) is 7.59. The van der Waals surface area contributed by atoms with Crippen LogP contribution in [-0.2, 0) is 13.0 Å². The van der Waals surface area contributed by atoms with Crippen molar-refractivity contribution in [2.75, 3.05) is 37.6 Å². The van der Waals surface area contributed by atoms with Gasteiger partial charge in [-0.25, -0.2) is 0 Å². The van der Waals surface area contributed by atoms with Gasteiger partial charge in [-0.2, -0.15) is 4.98 Å². The highest BCUT2D eigenvalue weighted by molar-refractivity contribution is 5.94. The number of amides is 1. The highest BCUT2D eigenvalue weighted by Gasteiger charge is 2.28. The molecule has 3 heterocycles. The van der Waals surface area contributed by atoms with Crippen LogP contribution in [-0.4, -0.2) is 58.6 Å². The molecule has 0 aliphatic carbocycles. The molecule has 2 aliphatic heterocycles. The molecule has 7 nitrogen and oxygen atoms in total. The van der Waals surface area contributed by atoms with Crippen LogP contribution in [0.5, 0.6) is 0 Å². The number of aromatic nitrogens is 2. The lowest BCUT2D eigenvalue weighted by Crippen LogP contribution is -2.49. The van der Waals surface area contributed by atoms with Gasteiger partial charge in [0.15, 0.2) is 0 Å². The van der Waals surface area contributed by atoms with Gasteiger partial charge in [0.05, 0.1) is 6.04 Å². The second kappa shape index (κ2) is 10.2. The summed E-state index contributed by atoms with van der Waals surface area (Å²) in [4.78, 5) is 24.4. The van der Waals surface area contributed by atoms with Gasteiger partial charge in [0.1, 0.15) is 0 Å². The Hall–Kier alpha value is -3.97. The third-order valence-corrected chi connectivity index (χ3v) is 7.59. The van der Waals surface area contributed by atoms with Crippen molar-refractivity contribution in [3.05, 3.63) is 101 Å². The molecule has 0 bridgehead atoms. The van der Waals surface area contributed by atoms with Crippen LogP contribution < -0.4 is 4.90 Å². The molecule has 37 heavy (non-hydrogen) atoms. The van der Waals surface area contributed by atoms with Crippen LogP contribution in [0, 0.1) is 0 Å². The summed E-state index contributed by atoms with van der Waals surface area (Å²) in [6, 6.07) is 26.6. The lowest BCUT2D eigenvalue weighted by molar-refractivity contribution is 0.0551. The number of hydrogen-bond acceptors (Lipinski definition) is 6. The monoisotopic (exact) mass is 493 g/mol. The van der Waals surface area contributed by atoms with E-state index in [0.29, 0.717) is 24.8 Å². The number of nitrogens with zero attached hydrogens (tertiary/aromatic N) is 5. The van der Waals surface area contributed by atoms with Gasteiger partial charge in [0, 0.05) is 56.1 Å². The van der Waals surface area contributed by atoms with E-state index in [1.54, 1.807) is 0 Å². The molecule has 6 rings (SSSR count). The van der Waals surface area contributed by atoms with E-state index in [2.05, 4.69) is 63.3 Å². The van der Waals surface area contributed by atoms with Crippen LogP contribution in [0.2, 0.25) is 0 Å². The smallest absolute Gasteiger partial charge is 0.253 e. The molecule has 0 N–H and O–H groups in total. The van der Waals surface area contributed by atoms with Crippen molar-refractivity contribution in [1.29, 1.82) is 0 Å². The number of carbonyl (C=O) groups is 1. The molecular weight excluding hydrogens is 462 g/mol. The highest BCUT2D eigenvalue weighted by atomic mass is 16.5. The minimum atomic E-state index is -0.00355. The number of fused-ring (bicyclic) bond motifs is 1. The molecule has 0 spiro atoms. The normalized spacial score (nSPS) is 16.9. The van der Waals surface area contributed by atoms with E-state index in [1.165, 1.54) is 16.8 Å². The van der Waals surface area contributed by atoms with Crippen molar-refractivity contribution in [3.8, 4) is 11.4 Å². The largest absolute Gasteiger partial charge is 0.367 e. The van der Waals surface area contributed by atoms with E-state index in [9.17, 15) is 4.79 Å². The summed E-state index contributed by atoms with van der Waals surface area (Å²) in [7, 11) is 0. The number of rotatable bonds is 5. The zero-order valence-electron chi connectivity index (χ0n) is 21.1. The van der Waals surface area contributed by atoms with E-state index in [0.717, 1.165) is 43.7 Å². The molecule has 1 fully saturated rings. The Morgan fingerprint density at radius 3 is 2.30 bits per heavy atom. The van der Waals surface area contributed by atoms with Crippen LogP contribution in [0.3, 0.4) is 0 Å². The Morgan fingerprint density at radius 2 is 1.54 bits per heavy atom. The van der Waals surface area contributed by atoms with E-state index in [1.807, 2.05) is 47.4 Å². The average molecular weight is 494 g/mol. The van der Waals surface area contributed by atoms with Crippen LogP contribution >= 0.6 is 0 Å². The van der Waals surface area contributed by atoms with Gasteiger partial charge in [-0.3, -0.25) is 9.69 Å². The molecule has 1 aromatic heterocycles. The lowest BCUT2D eigenvalue weighted by Gasteiger charge is -2.37. The minimum absolute atomic E-state index is 0.00355. The van der Waals surface area contributed by atoms with Gasteiger partial charge in [-0.1, -0.05) is 59.8 Å². The standard InChI is InChI=1S/C30H31N5O2/c1-22(29-31-28(32-37-29)24-8-3-2-4-9-24)33-17-19-34(20-18-33)30(36)25-11-13-27(14-12-25)35-16-15-23-7-5-6-10-26(23)21-35/h2-14,22H,15-21H2,1H3. The maximum Gasteiger partial charge on any atom is 0.253 e. The first-order chi connectivity index (χ1) is 18.2. The van der Waals surface area contributed by atoms with Gasteiger partial charge in [-0.05, 0) is 48.7 Å². The molecule has 1 saturated heterocycles. The van der Waals surface area contributed by atoms with E-state index in [4.69, 9.17) is 4.52 Å². The van der Waals surface area contributed by atoms with Crippen LogP contribution in [0.25, 0.3) is 11.4 Å². The molecule has 1 atom stereocenters. The number of anilines is 1. The number of hydrogen-bond donors (Lipinski definition) is 0. The first-order valence-electron chi connectivity index (χ1n) is 13.0. The summed E-state index contributed by atoms with van der Waals surface area (Å²) in [5.41, 5.74) is 5.68. The van der Waals surface area contributed by atoms with Gasteiger partial charge in [0.25, 0.3) is 5.91 Å². The van der Waals surface area contributed by atoms with Crippen molar-refractivity contribution in [2.24, 2.45) is 0 Å². The van der Waals surface area contributed by atoms with Gasteiger partial charge in [0.2, 0.25) is 11.7 Å². The van der Waals surface area contributed by atoms with Crippen molar-refractivity contribution in [1.82, 2.24) is 19.9 Å². The molecular formula is C30H31N5O2. The maximum absolute atomic E-state index is 13.2. The minimum Gasteiger partial charge on any atom is -0.367 e. The molecule has 0 saturated carbocycles. The van der Waals surface area contributed by atoms with Crippen molar-refractivity contribution in [2.45, 2.75) is 25.9 Å². The summed E-state index contributed by atoms with van der Waals surface area (Å²) in [6.45, 7) is 6.87. The van der Waals surface area contributed by atoms with Crippen LogP contribution in [0.4, 0.5) is 5.69 Å². The Morgan fingerprint density at radius 1 is 0.838 bits per heavy atom. The fourth-order valence-electron chi connectivity index (χ4n) is 5.29. The Labute approximate surface area is 217 Å². The second-order valence-electron chi connectivity index (χ2n) is 9.81. The molecule has 188 valence electrons. The summed E-state index contributed by atoms with van der Waals surface area (Å²) < 4.78 is 5.57. The first-order valence-corrected chi connectivity index (χ1v) is 13.0. The Bertz CT molecular complexity index is 1360. The molecule has 1 unspecified atom stereocenters. The molecule has 7 heteroatoms. The summed E-state index contributed by atoms with van der Waals surface area (Å²) in [5, 5.41) is 4.16. The molecule has 3 aromatic carbocycles. The topological polar surface area (TPSA) is 65.7 Å². The zero-order chi connectivity index (χ0) is 25.2. The third kappa shape index (κ3) is 4.87. The lowest BCUT2D eigenvalue weighted by atomic mass is 9.99. The molecule has 0 radical (unpaired) electrons. The van der Waals surface area contributed by atoms with Crippen molar-refractivity contribution < 1.29 is 9.32 Å². The number of piperazine rings is 1. The predicted octanol–water partition coefficient (Wildman–Crippen LogP) is 4.82. The molecule has 2 aliphatic rings. The highest BCUT2D eigenvalue weighted by Crippen LogP contribution is 2.26. The van der Waals surface area contributed by atoms with Crippen molar-refractivity contribution in [3.63, 3.8) is 0 Å². The van der Waals surface area contributed by atoms with Crippen LogP contribution in [0.15, 0.2) is 83.4 Å². The van der Waals surface area contributed by atoms with Crippen molar-refractivity contribution >= 4 is 11.6 Å². The van der Waals surface area contributed by atoms with Crippen LogP contribution in [0.1, 0.15) is 40.3 Å². The molecule has 4 aromatic rings. The average Bonchev–Trinajstić information content (AvgIpc) is 3.47. The summed E-state index contributed by atoms with van der Waals surface area (Å²) in [6.07, 6.45) is 1.05. The molecule has 1 amide bonds. The number of benzene rings is 3.